The first kappa shape index (κ1) is 18.9. The molecule has 0 saturated carbocycles. The molecule has 4 rings (SSSR count). The first-order valence-corrected chi connectivity index (χ1v) is 9.65. The summed E-state index contributed by atoms with van der Waals surface area (Å²) >= 11 is 0.707. The van der Waals surface area contributed by atoms with E-state index >= 15 is 0 Å². The fraction of sp³-hybridized carbons (Fsp3) is 0.368. The molecule has 148 valence electrons. The van der Waals surface area contributed by atoms with Crippen LogP contribution in [0.3, 0.4) is 0 Å². The molecule has 9 heteroatoms. The van der Waals surface area contributed by atoms with E-state index in [1.165, 1.54) is 10.3 Å². The molecule has 0 fully saturated rings. The minimum Gasteiger partial charge on any atom is -0.374 e. The molecule has 5 nitrogen and oxygen atoms in total. The number of aryl methyl sites for hydroxylation is 1. The molecule has 0 aliphatic carbocycles. The largest absolute Gasteiger partial charge is 0.424 e. The fourth-order valence-electron chi connectivity index (χ4n) is 3.55. The van der Waals surface area contributed by atoms with E-state index in [9.17, 15) is 23.1 Å². The van der Waals surface area contributed by atoms with Crippen molar-refractivity contribution in [2.24, 2.45) is 0 Å². The van der Waals surface area contributed by atoms with Crippen LogP contribution < -0.4 is 0 Å². The van der Waals surface area contributed by atoms with Gasteiger partial charge in [-0.3, -0.25) is 4.79 Å². The van der Waals surface area contributed by atoms with E-state index in [0.717, 1.165) is 22.2 Å². The summed E-state index contributed by atoms with van der Waals surface area (Å²) in [4.78, 5) is 21.2. The highest BCUT2D eigenvalue weighted by molar-refractivity contribution is 7.09. The normalized spacial score (nSPS) is 16.8. The Bertz CT molecular complexity index is 1040. The molecule has 1 aliphatic rings. The van der Waals surface area contributed by atoms with Gasteiger partial charge in [0, 0.05) is 52.7 Å². The van der Waals surface area contributed by atoms with Gasteiger partial charge in [0.25, 0.3) is 0 Å². The van der Waals surface area contributed by atoms with E-state index in [1.807, 2.05) is 24.3 Å². The monoisotopic (exact) mass is 409 g/mol. The Morgan fingerprint density at radius 1 is 1.36 bits per heavy atom. The number of halogens is 3. The number of aromatic amines is 1. The number of hydrogen-bond acceptors (Lipinski definition) is 4. The van der Waals surface area contributed by atoms with Gasteiger partial charge in [-0.25, -0.2) is 4.98 Å². The Hall–Kier alpha value is -2.39. The summed E-state index contributed by atoms with van der Waals surface area (Å²) in [6.07, 6.45) is -5.56. The van der Waals surface area contributed by atoms with Crippen molar-refractivity contribution in [2.45, 2.75) is 38.1 Å². The second-order valence-corrected chi connectivity index (χ2v) is 7.88. The van der Waals surface area contributed by atoms with Gasteiger partial charge in [0.1, 0.15) is 5.01 Å². The molecule has 3 aromatic rings. The Morgan fingerprint density at radius 2 is 2.11 bits per heavy atom. The predicted octanol–water partition coefficient (Wildman–Crippen LogP) is 3.66. The molecular formula is C19H18F3N3O2S. The average molecular weight is 409 g/mol. The maximum Gasteiger partial charge on any atom is 0.424 e. The van der Waals surface area contributed by atoms with Crippen LogP contribution in [0.25, 0.3) is 10.9 Å². The number of fused-ring (bicyclic) bond motifs is 3. The van der Waals surface area contributed by atoms with Crippen LogP contribution in [0.5, 0.6) is 0 Å². The van der Waals surface area contributed by atoms with Crippen LogP contribution in [0.15, 0.2) is 29.6 Å². The lowest BCUT2D eigenvalue weighted by atomic mass is 9.97. The van der Waals surface area contributed by atoms with Crippen molar-refractivity contribution in [3.63, 3.8) is 0 Å². The molecule has 0 saturated heterocycles. The highest BCUT2D eigenvalue weighted by Gasteiger charge is 2.58. The van der Waals surface area contributed by atoms with Gasteiger partial charge in [-0.1, -0.05) is 18.2 Å². The summed E-state index contributed by atoms with van der Waals surface area (Å²) in [6, 6.07) is 7.62. The fourth-order valence-corrected chi connectivity index (χ4v) is 4.47. The number of H-pyrrole nitrogens is 1. The van der Waals surface area contributed by atoms with Gasteiger partial charge in [0.05, 0.1) is 6.42 Å². The number of carbonyl (C=O) groups is 1. The van der Waals surface area contributed by atoms with Crippen LogP contribution in [0, 0.1) is 6.92 Å². The van der Waals surface area contributed by atoms with Gasteiger partial charge in [-0.05, 0) is 13.0 Å². The highest BCUT2D eigenvalue weighted by atomic mass is 32.1. The molecule has 1 unspecified atom stereocenters. The van der Waals surface area contributed by atoms with Crippen LogP contribution in [-0.2, 0) is 23.4 Å². The molecule has 3 heterocycles. The van der Waals surface area contributed by atoms with E-state index in [1.54, 1.807) is 6.92 Å². The van der Waals surface area contributed by atoms with Crippen LogP contribution in [0.1, 0.15) is 28.4 Å². The summed E-state index contributed by atoms with van der Waals surface area (Å²) in [5, 5.41) is 12.3. The van der Waals surface area contributed by atoms with E-state index in [-0.39, 0.29) is 6.54 Å². The van der Waals surface area contributed by atoms with Gasteiger partial charge in [-0.2, -0.15) is 13.2 Å². The molecule has 1 amide bonds. The Labute approximate surface area is 162 Å². The van der Waals surface area contributed by atoms with E-state index < -0.39 is 29.1 Å². The van der Waals surface area contributed by atoms with Gasteiger partial charge in [0.2, 0.25) is 11.5 Å². The number of benzene rings is 1. The van der Waals surface area contributed by atoms with Crippen LogP contribution in [0.4, 0.5) is 13.2 Å². The van der Waals surface area contributed by atoms with Crippen molar-refractivity contribution in [3.05, 3.63) is 51.6 Å². The van der Waals surface area contributed by atoms with Crippen molar-refractivity contribution in [2.75, 3.05) is 6.54 Å². The second-order valence-electron chi connectivity index (χ2n) is 7.02. The molecule has 0 bridgehead atoms. The third-order valence-electron chi connectivity index (χ3n) is 5.08. The molecule has 0 radical (unpaired) electrons. The maximum atomic E-state index is 13.7. The lowest BCUT2D eigenvalue weighted by Crippen LogP contribution is -2.47. The van der Waals surface area contributed by atoms with Crippen LogP contribution in [-0.4, -0.2) is 38.6 Å². The van der Waals surface area contributed by atoms with Crippen molar-refractivity contribution < 1.29 is 23.1 Å². The van der Waals surface area contributed by atoms with Crippen LogP contribution >= 0.6 is 11.3 Å². The van der Waals surface area contributed by atoms with Crippen LogP contribution in [0.2, 0.25) is 0 Å². The predicted molar refractivity (Wildman–Crippen MR) is 98.8 cm³/mol. The number of aliphatic hydroxyl groups is 1. The minimum atomic E-state index is -5.01. The Kier molecular flexibility index (Phi) is 4.46. The van der Waals surface area contributed by atoms with Crippen molar-refractivity contribution in [3.8, 4) is 0 Å². The highest BCUT2D eigenvalue weighted by Crippen LogP contribution is 2.43. The number of alkyl halides is 3. The summed E-state index contributed by atoms with van der Waals surface area (Å²) in [5.74, 6) is -0.747. The number of carbonyl (C=O) groups excluding carboxylic acids is 1. The lowest BCUT2D eigenvalue weighted by Gasteiger charge is -2.32. The molecule has 1 atom stereocenters. The van der Waals surface area contributed by atoms with Gasteiger partial charge >= 0.3 is 6.18 Å². The van der Waals surface area contributed by atoms with Crippen molar-refractivity contribution in [1.29, 1.82) is 0 Å². The third kappa shape index (κ3) is 3.08. The van der Waals surface area contributed by atoms with Crippen molar-refractivity contribution in [1.82, 2.24) is 14.9 Å². The number of nitrogens with zero attached hydrogens (tertiary/aromatic N) is 2. The van der Waals surface area contributed by atoms with E-state index in [4.69, 9.17) is 0 Å². The second kappa shape index (κ2) is 6.59. The number of nitrogens with one attached hydrogen (secondary N) is 1. The summed E-state index contributed by atoms with van der Waals surface area (Å²) in [5.41, 5.74) is -0.0742. The quantitative estimate of drug-likeness (QED) is 0.694. The number of rotatable bonds is 3. The summed E-state index contributed by atoms with van der Waals surface area (Å²) < 4.78 is 41.0. The van der Waals surface area contributed by atoms with Gasteiger partial charge < -0.3 is 15.0 Å². The zero-order chi connectivity index (χ0) is 20.1. The summed E-state index contributed by atoms with van der Waals surface area (Å²) in [7, 11) is 0. The zero-order valence-corrected chi connectivity index (χ0v) is 15.8. The number of hydrogen-bond donors (Lipinski definition) is 2. The van der Waals surface area contributed by atoms with Gasteiger partial charge in [-0.15, -0.1) is 11.3 Å². The maximum absolute atomic E-state index is 13.7. The Balaban J connectivity index is 1.61. The third-order valence-corrected chi connectivity index (χ3v) is 6.20. The molecule has 1 aliphatic heterocycles. The smallest absolute Gasteiger partial charge is 0.374 e. The van der Waals surface area contributed by atoms with E-state index in [0.29, 0.717) is 30.0 Å². The molecule has 1 aromatic carbocycles. The average Bonchev–Trinajstić information content (AvgIpc) is 3.23. The number of aromatic nitrogens is 2. The minimum absolute atomic E-state index is 0.211. The topological polar surface area (TPSA) is 69.2 Å². The standard InChI is InChI=1S/C19H18F3N3O2S/c1-11-10-28-17(23-11)18(27,19(20,21)22)8-16(26)25-7-6-15-13(9-25)12-4-2-3-5-14(12)24-15/h2-5,10,24,27H,6-9H2,1H3. The number of thiazole rings is 1. The summed E-state index contributed by atoms with van der Waals surface area (Å²) in [6.45, 7) is 2.05. The lowest BCUT2D eigenvalue weighted by molar-refractivity contribution is -0.268. The van der Waals surface area contributed by atoms with E-state index in [2.05, 4.69) is 9.97 Å². The van der Waals surface area contributed by atoms with Crippen molar-refractivity contribution >= 4 is 28.1 Å². The first-order valence-electron chi connectivity index (χ1n) is 8.77. The number of para-hydroxylation sites is 1. The molecular weight excluding hydrogens is 391 g/mol. The molecule has 2 aromatic heterocycles. The zero-order valence-electron chi connectivity index (χ0n) is 15.0. The molecule has 2 N–H and O–H groups in total. The van der Waals surface area contributed by atoms with Gasteiger partial charge in [0.15, 0.2) is 0 Å². The first-order chi connectivity index (χ1) is 13.2. The Morgan fingerprint density at radius 3 is 2.79 bits per heavy atom. The molecule has 0 spiro atoms. The molecule has 28 heavy (non-hydrogen) atoms. The SMILES string of the molecule is Cc1csc(C(O)(CC(=O)N2CCc3[nH]c4ccccc4c3C2)C(F)(F)F)n1. The number of amides is 1.